The molecule has 0 aliphatic rings. The number of hydrogen-bond donors (Lipinski definition) is 3. The van der Waals surface area contributed by atoms with Gasteiger partial charge in [-0.3, -0.25) is 0 Å². The molecule has 0 saturated heterocycles. The number of guanidine groups is 1. The monoisotopic (exact) mass is 241 g/mol. The molecule has 5 nitrogen and oxygen atoms in total. The summed E-state index contributed by atoms with van der Waals surface area (Å²) in [6.45, 7) is 0.508. The Morgan fingerprint density at radius 1 is 1.06 bits per heavy atom. The molecule has 1 rings (SSSR count). The van der Waals surface area contributed by atoms with E-state index in [4.69, 9.17) is 17.2 Å². The van der Waals surface area contributed by atoms with Crippen LogP contribution in [0.4, 0.5) is 0 Å². The maximum Gasteiger partial charge on any atom is 0.211 e. The highest BCUT2D eigenvalue weighted by Gasteiger charge is 2.01. The zero-order valence-electron chi connectivity index (χ0n) is 8.84. The molecule has 0 bridgehead atoms. The average molecular weight is 242 g/mol. The molecule has 1 aromatic carbocycles. The van der Waals surface area contributed by atoms with E-state index in [1.807, 2.05) is 30.3 Å². The van der Waals surface area contributed by atoms with Gasteiger partial charge in [0.25, 0.3) is 0 Å². The second kappa shape index (κ2) is 7.67. The Morgan fingerprint density at radius 3 is 2.19 bits per heavy atom. The SMILES string of the molecule is Cl.NCCC(=NN=C(N)N)c1ccccc1. The van der Waals surface area contributed by atoms with Gasteiger partial charge < -0.3 is 17.2 Å². The van der Waals surface area contributed by atoms with Crippen molar-refractivity contribution < 1.29 is 0 Å². The van der Waals surface area contributed by atoms with Crippen LogP contribution in [0.3, 0.4) is 0 Å². The number of rotatable bonds is 4. The van der Waals surface area contributed by atoms with Crippen molar-refractivity contribution in [2.75, 3.05) is 6.54 Å². The van der Waals surface area contributed by atoms with Crippen LogP contribution in [-0.2, 0) is 0 Å². The summed E-state index contributed by atoms with van der Waals surface area (Å²) in [5.74, 6) is -0.0551. The molecule has 0 unspecified atom stereocenters. The summed E-state index contributed by atoms with van der Waals surface area (Å²) < 4.78 is 0. The summed E-state index contributed by atoms with van der Waals surface area (Å²) in [5, 5.41) is 7.58. The lowest BCUT2D eigenvalue weighted by molar-refractivity contribution is 1.02. The maximum atomic E-state index is 5.48. The first-order valence-corrected chi connectivity index (χ1v) is 4.65. The van der Waals surface area contributed by atoms with E-state index >= 15 is 0 Å². The molecule has 0 aliphatic carbocycles. The maximum absolute atomic E-state index is 5.48. The summed E-state index contributed by atoms with van der Waals surface area (Å²) in [6.07, 6.45) is 0.640. The molecule has 6 N–H and O–H groups in total. The van der Waals surface area contributed by atoms with E-state index in [9.17, 15) is 0 Å². The Balaban J connectivity index is 0.00000225. The third-order valence-corrected chi connectivity index (χ3v) is 1.77. The van der Waals surface area contributed by atoms with E-state index in [2.05, 4.69) is 10.2 Å². The zero-order valence-corrected chi connectivity index (χ0v) is 9.65. The molecular formula is C10H16ClN5. The average Bonchev–Trinajstić information content (AvgIpc) is 2.25. The number of benzene rings is 1. The smallest absolute Gasteiger partial charge is 0.211 e. The quantitative estimate of drug-likeness (QED) is 0.405. The molecular weight excluding hydrogens is 226 g/mol. The summed E-state index contributed by atoms with van der Waals surface area (Å²) in [4.78, 5) is 0. The van der Waals surface area contributed by atoms with Gasteiger partial charge in [-0.1, -0.05) is 30.3 Å². The Bertz CT molecular complexity index is 357. The van der Waals surface area contributed by atoms with Crippen molar-refractivity contribution in [2.24, 2.45) is 27.4 Å². The number of halogens is 1. The van der Waals surface area contributed by atoms with Crippen LogP contribution in [0.1, 0.15) is 12.0 Å². The highest BCUT2D eigenvalue weighted by molar-refractivity contribution is 6.00. The van der Waals surface area contributed by atoms with E-state index in [1.54, 1.807) is 0 Å². The fourth-order valence-corrected chi connectivity index (χ4v) is 1.14. The molecule has 0 aromatic heterocycles. The van der Waals surface area contributed by atoms with Crippen LogP contribution in [0.25, 0.3) is 0 Å². The number of nitrogens with zero attached hydrogens (tertiary/aromatic N) is 2. The Morgan fingerprint density at radius 2 is 1.69 bits per heavy atom. The molecule has 0 atom stereocenters. The van der Waals surface area contributed by atoms with Gasteiger partial charge in [-0.05, 0) is 12.1 Å². The molecule has 1 aromatic rings. The molecule has 88 valence electrons. The van der Waals surface area contributed by atoms with Gasteiger partial charge in [0.2, 0.25) is 5.96 Å². The molecule has 0 radical (unpaired) electrons. The first-order valence-electron chi connectivity index (χ1n) is 4.65. The number of nitrogens with two attached hydrogens (primary N) is 3. The van der Waals surface area contributed by atoms with Crippen LogP contribution in [0.15, 0.2) is 40.5 Å². The standard InChI is InChI=1S/C10H15N5.ClH/c11-7-6-9(14-15-10(12)13)8-4-2-1-3-5-8;/h1-5H,6-7,11H2,(H4,12,13,15);1H. The largest absolute Gasteiger partial charge is 0.369 e. The predicted octanol–water partition coefficient (Wildman–Crippen LogP) is 0.435. The van der Waals surface area contributed by atoms with E-state index in [0.29, 0.717) is 13.0 Å². The Kier molecular flexibility index (Phi) is 6.91. The van der Waals surface area contributed by atoms with Crippen LogP contribution in [0.5, 0.6) is 0 Å². The van der Waals surface area contributed by atoms with Gasteiger partial charge in [0.05, 0.1) is 5.71 Å². The minimum Gasteiger partial charge on any atom is -0.369 e. The van der Waals surface area contributed by atoms with Gasteiger partial charge in [0.1, 0.15) is 0 Å². The molecule has 0 spiro atoms. The van der Waals surface area contributed by atoms with Crippen molar-refractivity contribution in [1.29, 1.82) is 0 Å². The first kappa shape index (κ1) is 14.4. The van der Waals surface area contributed by atoms with Crippen LogP contribution in [0.2, 0.25) is 0 Å². The second-order valence-corrected chi connectivity index (χ2v) is 2.98. The second-order valence-electron chi connectivity index (χ2n) is 2.98. The molecule has 6 heteroatoms. The summed E-state index contributed by atoms with van der Waals surface area (Å²) in [5.41, 5.74) is 17.7. The van der Waals surface area contributed by atoms with Gasteiger partial charge in [-0.25, -0.2) is 0 Å². The minimum absolute atomic E-state index is 0. The normalized spacial score (nSPS) is 10.4. The third kappa shape index (κ3) is 4.77. The van der Waals surface area contributed by atoms with Crippen molar-refractivity contribution in [3.63, 3.8) is 0 Å². The van der Waals surface area contributed by atoms with Crippen LogP contribution < -0.4 is 17.2 Å². The Hall–Kier alpha value is -1.59. The van der Waals surface area contributed by atoms with Crippen molar-refractivity contribution >= 4 is 24.1 Å². The van der Waals surface area contributed by atoms with Crippen molar-refractivity contribution in [3.8, 4) is 0 Å². The first-order chi connectivity index (χ1) is 7.24. The molecule has 0 heterocycles. The van der Waals surface area contributed by atoms with E-state index in [-0.39, 0.29) is 18.4 Å². The molecule has 16 heavy (non-hydrogen) atoms. The van der Waals surface area contributed by atoms with Gasteiger partial charge in [-0.15, -0.1) is 17.5 Å². The molecule has 0 amide bonds. The Labute approximate surface area is 101 Å². The van der Waals surface area contributed by atoms with Crippen molar-refractivity contribution in [2.45, 2.75) is 6.42 Å². The van der Waals surface area contributed by atoms with Crippen molar-refractivity contribution in [1.82, 2.24) is 0 Å². The highest BCUT2D eigenvalue weighted by atomic mass is 35.5. The van der Waals surface area contributed by atoms with Crippen molar-refractivity contribution in [3.05, 3.63) is 35.9 Å². The van der Waals surface area contributed by atoms with E-state index < -0.39 is 0 Å². The fourth-order valence-electron chi connectivity index (χ4n) is 1.14. The molecule has 0 fully saturated rings. The minimum atomic E-state index is -0.0551. The fraction of sp³-hybridized carbons (Fsp3) is 0.200. The molecule has 0 saturated carbocycles. The summed E-state index contributed by atoms with van der Waals surface area (Å²) >= 11 is 0. The lowest BCUT2D eigenvalue weighted by atomic mass is 10.1. The van der Waals surface area contributed by atoms with E-state index in [0.717, 1.165) is 11.3 Å². The summed E-state index contributed by atoms with van der Waals surface area (Å²) in [6, 6.07) is 9.67. The van der Waals surface area contributed by atoms with E-state index in [1.165, 1.54) is 0 Å². The van der Waals surface area contributed by atoms with Crippen LogP contribution in [0, 0.1) is 0 Å². The highest BCUT2D eigenvalue weighted by Crippen LogP contribution is 2.04. The van der Waals surface area contributed by atoms with Gasteiger partial charge in [0.15, 0.2) is 0 Å². The third-order valence-electron chi connectivity index (χ3n) is 1.77. The zero-order chi connectivity index (χ0) is 11.1. The number of hydrogen-bond acceptors (Lipinski definition) is 3. The predicted molar refractivity (Wildman–Crippen MR) is 69.7 cm³/mol. The summed E-state index contributed by atoms with van der Waals surface area (Å²) in [7, 11) is 0. The topological polar surface area (TPSA) is 103 Å². The lowest BCUT2D eigenvalue weighted by Gasteiger charge is -2.02. The molecule has 0 aliphatic heterocycles. The van der Waals surface area contributed by atoms with Gasteiger partial charge in [-0.2, -0.15) is 5.10 Å². The lowest BCUT2D eigenvalue weighted by Crippen LogP contribution is -2.22. The van der Waals surface area contributed by atoms with Crippen LogP contribution >= 0.6 is 12.4 Å². The van der Waals surface area contributed by atoms with Gasteiger partial charge >= 0.3 is 0 Å². The van der Waals surface area contributed by atoms with Crippen LogP contribution in [-0.4, -0.2) is 18.2 Å². The van der Waals surface area contributed by atoms with Gasteiger partial charge in [0, 0.05) is 6.42 Å².